The maximum absolute atomic E-state index is 12.2. The second-order valence-corrected chi connectivity index (χ2v) is 7.91. The highest BCUT2D eigenvalue weighted by Gasteiger charge is 2.34. The summed E-state index contributed by atoms with van der Waals surface area (Å²) in [6, 6.07) is 0. The van der Waals surface area contributed by atoms with E-state index in [-0.39, 0.29) is 10.8 Å². The highest BCUT2D eigenvalue weighted by atomic mass is 32.2. The maximum Gasteiger partial charge on any atom is 0.194 e. The molecule has 0 aromatic heterocycles. The minimum absolute atomic E-state index is 0.210. The van der Waals surface area contributed by atoms with E-state index in [1.807, 2.05) is 0 Å². The first-order valence-corrected chi connectivity index (χ1v) is 7.75. The Labute approximate surface area is 108 Å². The lowest BCUT2D eigenvalue weighted by Gasteiger charge is -2.33. The van der Waals surface area contributed by atoms with Gasteiger partial charge in [-0.2, -0.15) is 0 Å². The summed E-state index contributed by atoms with van der Waals surface area (Å²) in [7, 11) is 2.70. The Balaban J connectivity index is 4.48. The molecule has 0 aliphatic carbocycles. The van der Waals surface area contributed by atoms with Gasteiger partial charge in [-0.3, -0.25) is 4.79 Å². The first kappa shape index (κ1) is 16.4. The lowest BCUT2D eigenvalue weighted by molar-refractivity contribution is -0.119. The van der Waals surface area contributed by atoms with Gasteiger partial charge in [0.25, 0.3) is 0 Å². The Morgan fingerprint density at radius 1 is 1.31 bits per heavy atom. The molecule has 0 radical (unpaired) electrons. The van der Waals surface area contributed by atoms with Crippen LogP contribution < -0.4 is 0 Å². The van der Waals surface area contributed by atoms with Gasteiger partial charge >= 0.3 is 0 Å². The van der Waals surface area contributed by atoms with E-state index in [0.717, 1.165) is 19.0 Å². The summed E-state index contributed by atoms with van der Waals surface area (Å²) >= 11 is 1.50. The van der Waals surface area contributed by atoms with E-state index >= 15 is 0 Å². The van der Waals surface area contributed by atoms with Crippen LogP contribution in [0.1, 0.15) is 54.4 Å². The molecular formula is C13H27OPS. The predicted octanol–water partition coefficient (Wildman–Crippen LogP) is 4.36. The minimum Gasteiger partial charge on any atom is -0.287 e. The molecule has 0 heterocycles. The van der Waals surface area contributed by atoms with Crippen molar-refractivity contribution in [2.75, 3.05) is 6.16 Å². The largest absolute Gasteiger partial charge is 0.287 e. The highest BCUT2D eigenvalue weighted by Crippen LogP contribution is 2.39. The summed E-state index contributed by atoms with van der Waals surface area (Å²) in [4.78, 5) is 12.2. The molecular weight excluding hydrogens is 235 g/mol. The van der Waals surface area contributed by atoms with Gasteiger partial charge in [0, 0.05) is 10.7 Å². The van der Waals surface area contributed by atoms with Crippen LogP contribution in [0.15, 0.2) is 0 Å². The van der Waals surface area contributed by atoms with Crippen molar-refractivity contribution < 1.29 is 4.79 Å². The molecule has 0 amide bonds. The van der Waals surface area contributed by atoms with Crippen molar-refractivity contribution >= 4 is 26.1 Å². The molecule has 0 aromatic carbocycles. The third kappa shape index (κ3) is 5.68. The average molecular weight is 262 g/mol. The van der Waals surface area contributed by atoms with Crippen molar-refractivity contribution in [3.05, 3.63) is 0 Å². The fourth-order valence-corrected chi connectivity index (χ4v) is 2.93. The van der Waals surface area contributed by atoms with Gasteiger partial charge in [-0.15, -0.1) is 9.24 Å². The smallest absolute Gasteiger partial charge is 0.194 e. The van der Waals surface area contributed by atoms with Gasteiger partial charge in [0.2, 0.25) is 0 Å². The summed E-state index contributed by atoms with van der Waals surface area (Å²) in [5.41, 5.74) is 0.0438. The van der Waals surface area contributed by atoms with Gasteiger partial charge in [0.1, 0.15) is 0 Å². The van der Waals surface area contributed by atoms with Gasteiger partial charge < -0.3 is 0 Å². The van der Waals surface area contributed by atoms with E-state index in [1.54, 1.807) is 0 Å². The fourth-order valence-electron chi connectivity index (χ4n) is 1.78. The highest BCUT2D eigenvalue weighted by molar-refractivity contribution is 8.14. The van der Waals surface area contributed by atoms with Crippen molar-refractivity contribution in [1.82, 2.24) is 0 Å². The molecule has 0 spiro atoms. The van der Waals surface area contributed by atoms with Crippen LogP contribution in [0.4, 0.5) is 0 Å². The number of thioether (sulfide) groups is 1. The molecule has 0 aliphatic heterocycles. The van der Waals surface area contributed by atoms with Crippen LogP contribution in [-0.2, 0) is 4.79 Å². The fraction of sp³-hybridized carbons (Fsp3) is 0.923. The number of carbonyl (C=O) groups excluding carboxylic acids is 1. The molecule has 2 atom stereocenters. The number of rotatable bonds is 6. The summed E-state index contributed by atoms with van der Waals surface area (Å²) < 4.78 is 0. The van der Waals surface area contributed by atoms with E-state index in [2.05, 4.69) is 50.8 Å². The van der Waals surface area contributed by atoms with Gasteiger partial charge in [-0.25, -0.2) is 0 Å². The zero-order valence-corrected chi connectivity index (χ0v) is 13.6. The van der Waals surface area contributed by atoms with Crippen molar-refractivity contribution in [2.24, 2.45) is 10.8 Å². The Kier molecular flexibility index (Phi) is 6.58. The quantitative estimate of drug-likeness (QED) is 0.661. The third-order valence-electron chi connectivity index (χ3n) is 3.07. The van der Waals surface area contributed by atoms with Crippen LogP contribution in [0.25, 0.3) is 0 Å². The maximum atomic E-state index is 12.2. The van der Waals surface area contributed by atoms with Crippen LogP contribution in [0.5, 0.6) is 0 Å². The molecule has 0 rings (SSSR count). The second kappa shape index (κ2) is 6.40. The molecule has 0 saturated carbocycles. The number of carbonyl (C=O) groups is 1. The van der Waals surface area contributed by atoms with Gasteiger partial charge in [0.15, 0.2) is 5.12 Å². The summed E-state index contributed by atoms with van der Waals surface area (Å²) in [5.74, 6) is 0. The van der Waals surface area contributed by atoms with E-state index < -0.39 is 0 Å². The van der Waals surface area contributed by atoms with Crippen molar-refractivity contribution in [3.8, 4) is 0 Å². The lowest BCUT2D eigenvalue weighted by Crippen LogP contribution is -2.29. The van der Waals surface area contributed by atoms with Crippen molar-refractivity contribution in [2.45, 2.75) is 59.6 Å². The summed E-state index contributed by atoms with van der Waals surface area (Å²) in [5, 5.41) is 0.741. The van der Waals surface area contributed by atoms with Gasteiger partial charge in [-0.1, -0.05) is 59.7 Å². The van der Waals surface area contributed by atoms with E-state index in [4.69, 9.17) is 0 Å². The predicted molar refractivity (Wildman–Crippen MR) is 79.1 cm³/mol. The summed E-state index contributed by atoms with van der Waals surface area (Å²) in [6.07, 6.45) is 3.06. The van der Waals surface area contributed by atoms with E-state index in [0.29, 0.717) is 10.4 Å². The molecule has 0 fully saturated rings. The normalized spacial score (nSPS) is 14.9. The zero-order valence-electron chi connectivity index (χ0n) is 11.6. The van der Waals surface area contributed by atoms with Crippen LogP contribution in [0, 0.1) is 10.8 Å². The molecule has 1 nitrogen and oxygen atoms in total. The first-order valence-electron chi connectivity index (χ1n) is 6.06. The Morgan fingerprint density at radius 3 is 2.19 bits per heavy atom. The molecule has 0 aromatic rings. The Bertz CT molecular complexity index is 236. The van der Waals surface area contributed by atoms with Gasteiger partial charge in [-0.05, 0) is 18.0 Å². The van der Waals surface area contributed by atoms with Crippen molar-refractivity contribution in [1.29, 1.82) is 0 Å². The molecule has 0 bridgehead atoms. The van der Waals surface area contributed by atoms with Crippen molar-refractivity contribution in [3.63, 3.8) is 0 Å². The minimum atomic E-state index is -0.210. The second-order valence-electron chi connectivity index (χ2n) is 6.03. The van der Waals surface area contributed by atoms with Gasteiger partial charge in [0.05, 0.1) is 0 Å². The SMILES string of the molecule is CCC(C)(C)CC(C)(C)C(=O)SC(C)CP. The van der Waals surface area contributed by atoms with Crippen LogP contribution in [0.3, 0.4) is 0 Å². The van der Waals surface area contributed by atoms with Crippen LogP contribution >= 0.6 is 21.0 Å². The van der Waals surface area contributed by atoms with E-state index in [9.17, 15) is 4.79 Å². The first-order chi connectivity index (χ1) is 7.14. The molecule has 2 unspecified atom stereocenters. The Morgan fingerprint density at radius 2 is 1.81 bits per heavy atom. The molecule has 0 N–H and O–H groups in total. The monoisotopic (exact) mass is 262 g/mol. The average Bonchev–Trinajstić information content (AvgIpc) is 2.16. The standard InChI is InChI=1S/C13H27OPS/c1-7-12(3,4)9-13(5,6)11(14)16-10(2)8-15/h10H,7-9,15H2,1-6H3. The third-order valence-corrected chi connectivity index (χ3v) is 5.48. The zero-order chi connectivity index (χ0) is 13.0. The van der Waals surface area contributed by atoms with Crippen LogP contribution in [0.2, 0.25) is 0 Å². The topological polar surface area (TPSA) is 17.1 Å². The summed E-state index contributed by atoms with van der Waals surface area (Å²) in [6.45, 7) is 12.9. The number of hydrogen-bond donors (Lipinski definition) is 0. The lowest BCUT2D eigenvalue weighted by atomic mass is 9.74. The molecule has 0 saturated heterocycles. The molecule has 96 valence electrons. The molecule has 0 aliphatic rings. The number of hydrogen-bond acceptors (Lipinski definition) is 2. The molecule has 16 heavy (non-hydrogen) atoms. The van der Waals surface area contributed by atoms with Crippen LogP contribution in [-0.4, -0.2) is 16.5 Å². The van der Waals surface area contributed by atoms with E-state index in [1.165, 1.54) is 11.8 Å². The molecule has 3 heteroatoms. The Hall–Kier alpha value is 0.450.